The number of pyridine rings is 1. The molecule has 1 atom stereocenters. The first-order chi connectivity index (χ1) is 8.33. The zero-order valence-electron chi connectivity index (χ0n) is 10.3. The zero-order valence-corrected chi connectivity index (χ0v) is 11.9. The van der Waals surface area contributed by atoms with Crippen molar-refractivity contribution in [2.45, 2.75) is 24.5 Å². The predicted molar refractivity (Wildman–Crippen MR) is 74.5 cm³/mol. The van der Waals surface area contributed by atoms with E-state index < -0.39 is 0 Å². The van der Waals surface area contributed by atoms with Gasteiger partial charge in [0, 0.05) is 25.7 Å². The van der Waals surface area contributed by atoms with Crippen LogP contribution in [0.1, 0.15) is 13.3 Å². The first-order valence-electron chi connectivity index (χ1n) is 5.64. The molecule has 0 fully saturated rings. The molecule has 17 heavy (non-hydrogen) atoms. The van der Waals surface area contributed by atoms with Crippen LogP contribution in [0, 0.1) is 0 Å². The Kier molecular flexibility index (Phi) is 8.52. The van der Waals surface area contributed by atoms with Crippen LogP contribution in [0.4, 0.5) is 0 Å². The Morgan fingerprint density at radius 2 is 2.24 bits per heavy atom. The summed E-state index contributed by atoms with van der Waals surface area (Å²) in [6, 6.07) is 5.94. The number of aromatic nitrogens is 1. The Morgan fingerprint density at radius 1 is 1.35 bits per heavy atom. The van der Waals surface area contributed by atoms with Gasteiger partial charge in [0.1, 0.15) is 5.03 Å². The first-order valence-corrected chi connectivity index (χ1v) is 7.96. The van der Waals surface area contributed by atoms with Crippen LogP contribution in [0.15, 0.2) is 29.4 Å². The minimum absolute atomic E-state index is 0.283. The molecule has 0 aliphatic carbocycles. The number of rotatable bonds is 9. The lowest BCUT2D eigenvalue weighted by Crippen LogP contribution is -2.09. The summed E-state index contributed by atoms with van der Waals surface area (Å²) in [7, 11) is 5.19. The molecule has 1 aromatic heterocycles. The summed E-state index contributed by atoms with van der Waals surface area (Å²) in [4.78, 5) is 4.23. The van der Waals surface area contributed by atoms with Crippen molar-refractivity contribution in [3.8, 4) is 0 Å². The molecule has 0 saturated heterocycles. The summed E-state index contributed by atoms with van der Waals surface area (Å²) in [5, 5.41) is 1.05. The van der Waals surface area contributed by atoms with Gasteiger partial charge in [-0.05, 0) is 36.3 Å². The van der Waals surface area contributed by atoms with Crippen molar-refractivity contribution in [2.24, 2.45) is 0 Å². The number of hydrogen-bond acceptors (Lipinski definition) is 5. The number of nitrogens with zero attached hydrogens (tertiary/aromatic N) is 1. The summed E-state index contributed by atoms with van der Waals surface area (Å²) < 4.78 is 10.6. The van der Waals surface area contributed by atoms with Gasteiger partial charge in [-0.25, -0.2) is 4.98 Å². The molecule has 5 heteroatoms. The maximum atomic E-state index is 5.51. The molecule has 0 aliphatic rings. The molecule has 1 heterocycles. The maximum absolute atomic E-state index is 5.51. The van der Waals surface area contributed by atoms with E-state index in [0.717, 1.165) is 30.4 Å². The number of methoxy groups -OCH3 is 1. The number of ether oxygens (including phenoxy) is 2. The van der Waals surface area contributed by atoms with E-state index in [0.29, 0.717) is 0 Å². The van der Waals surface area contributed by atoms with E-state index in [2.05, 4.69) is 11.9 Å². The van der Waals surface area contributed by atoms with Crippen LogP contribution in [0.25, 0.3) is 0 Å². The highest BCUT2D eigenvalue weighted by molar-refractivity contribution is 8.76. The summed E-state index contributed by atoms with van der Waals surface area (Å²) >= 11 is 0. The monoisotopic (exact) mass is 273 g/mol. The van der Waals surface area contributed by atoms with Gasteiger partial charge in [-0.1, -0.05) is 16.9 Å². The summed E-state index contributed by atoms with van der Waals surface area (Å²) in [6.45, 7) is 3.60. The molecule has 0 aromatic carbocycles. The summed E-state index contributed by atoms with van der Waals surface area (Å²) in [5.41, 5.74) is 0. The molecule has 0 N–H and O–H groups in total. The highest BCUT2D eigenvalue weighted by Gasteiger charge is 1.99. The molecule has 0 bridgehead atoms. The van der Waals surface area contributed by atoms with Gasteiger partial charge < -0.3 is 9.47 Å². The molecule has 0 amide bonds. The van der Waals surface area contributed by atoms with E-state index >= 15 is 0 Å². The standard InChI is InChI=1S/C12H19NO2S2/c1-11(14-2)6-8-15-9-10-16-17-12-5-3-4-7-13-12/h3-5,7,11H,6,8-10H2,1-2H3. The molecule has 0 spiro atoms. The Balaban J connectivity index is 1.91. The van der Waals surface area contributed by atoms with Crippen molar-refractivity contribution in [1.82, 2.24) is 4.98 Å². The second kappa shape index (κ2) is 9.76. The molecule has 0 aliphatic heterocycles. The van der Waals surface area contributed by atoms with Gasteiger partial charge in [-0.2, -0.15) is 0 Å². The zero-order chi connectivity index (χ0) is 12.3. The average molecular weight is 273 g/mol. The third-order valence-corrected chi connectivity index (χ3v) is 4.39. The lowest BCUT2D eigenvalue weighted by molar-refractivity contribution is 0.0668. The molecule has 0 saturated carbocycles. The summed E-state index contributed by atoms with van der Waals surface area (Å²) in [5.74, 6) is 0.975. The van der Waals surface area contributed by atoms with Crippen LogP contribution in [0.2, 0.25) is 0 Å². The number of hydrogen-bond donors (Lipinski definition) is 0. The van der Waals surface area contributed by atoms with Crippen molar-refractivity contribution < 1.29 is 9.47 Å². The third-order valence-electron chi connectivity index (χ3n) is 2.16. The largest absolute Gasteiger partial charge is 0.382 e. The quantitative estimate of drug-likeness (QED) is 0.509. The van der Waals surface area contributed by atoms with E-state index in [4.69, 9.17) is 9.47 Å². The van der Waals surface area contributed by atoms with Crippen molar-refractivity contribution >= 4 is 21.6 Å². The normalized spacial score (nSPS) is 12.6. The van der Waals surface area contributed by atoms with Crippen molar-refractivity contribution in [3.63, 3.8) is 0 Å². The van der Waals surface area contributed by atoms with E-state index in [1.165, 1.54) is 0 Å². The van der Waals surface area contributed by atoms with Gasteiger partial charge in [0.2, 0.25) is 0 Å². The second-order valence-electron chi connectivity index (χ2n) is 3.52. The lowest BCUT2D eigenvalue weighted by atomic mass is 10.3. The van der Waals surface area contributed by atoms with Crippen molar-refractivity contribution in [2.75, 3.05) is 26.1 Å². The van der Waals surface area contributed by atoms with E-state index in [1.807, 2.05) is 24.4 Å². The predicted octanol–water partition coefficient (Wildman–Crippen LogP) is 3.26. The Hall–Kier alpha value is -0.230. The average Bonchev–Trinajstić information content (AvgIpc) is 2.38. The molecule has 1 aromatic rings. The van der Waals surface area contributed by atoms with Gasteiger partial charge in [0.25, 0.3) is 0 Å². The molecule has 1 rings (SSSR count). The maximum Gasteiger partial charge on any atom is 0.106 e. The minimum atomic E-state index is 0.283. The lowest BCUT2D eigenvalue weighted by Gasteiger charge is -2.09. The molecule has 1 unspecified atom stereocenters. The molecule has 0 radical (unpaired) electrons. The topological polar surface area (TPSA) is 31.4 Å². The van der Waals surface area contributed by atoms with Crippen molar-refractivity contribution in [3.05, 3.63) is 24.4 Å². The van der Waals surface area contributed by atoms with Crippen LogP contribution in [0.3, 0.4) is 0 Å². The second-order valence-corrected chi connectivity index (χ2v) is 5.96. The highest BCUT2D eigenvalue weighted by atomic mass is 33.1. The van der Waals surface area contributed by atoms with Gasteiger partial charge in [0.15, 0.2) is 0 Å². The fourth-order valence-corrected chi connectivity index (χ4v) is 2.80. The van der Waals surface area contributed by atoms with Gasteiger partial charge in [-0.3, -0.25) is 0 Å². The van der Waals surface area contributed by atoms with E-state index in [9.17, 15) is 0 Å². The molecule has 3 nitrogen and oxygen atoms in total. The fourth-order valence-electron chi connectivity index (χ4n) is 1.06. The summed E-state index contributed by atoms with van der Waals surface area (Å²) in [6.07, 6.45) is 3.05. The van der Waals surface area contributed by atoms with Gasteiger partial charge >= 0.3 is 0 Å². The molecule has 96 valence electrons. The van der Waals surface area contributed by atoms with Crippen LogP contribution in [-0.4, -0.2) is 37.2 Å². The van der Waals surface area contributed by atoms with Crippen LogP contribution >= 0.6 is 21.6 Å². The van der Waals surface area contributed by atoms with Crippen LogP contribution < -0.4 is 0 Å². The smallest absolute Gasteiger partial charge is 0.106 e. The van der Waals surface area contributed by atoms with E-state index in [-0.39, 0.29) is 6.10 Å². The SMILES string of the molecule is COC(C)CCOCCSSc1ccccn1. The van der Waals surface area contributed by atoms with Gasteiger partial charge in [-0.15, -0.1) is 0 Å². The Bertz CT molecular complexity index is 285. The van der Waals surface area contributed by atoms with E-state index in [1.54, 1.807) is 28.7 Å². The van der Waals surface area contributed by atoms with Crippen LogP contribution in [-0.2, 0) is 9.47 Å². The van der Waals surface area contributed by atoms with Crippen molar-refractivity contribution in [1.29, 1.82) is 0 Å². The third kappa shape index (κ3) is 7.65. The minimum Gasteiger partial charge on any atom is -0.382 e. The Labute approximate surface area is 111 Å². The van der Waals surface area contributed by atoms with Gasteiger partial charge in [0.05, 0.1) is 12.7 Å². The Morgan fingerprint density at radius 3 is 2.94 bits per heavy atom. The van der Waals surface area contributed by atoms with Crippen LogP contribution in [0.5, 0.6) is 0 Å². The molecular weight excluding hydrogens is 254 g/mol. The highest BCUT2D eigenvalue weighted by Crippen LogP contribution is 2.28. The first kappa shape index (κ1) is 14.8. The fraction of sp³-hybridized carbons (Fsp3) is 0.583. The molecular formula is C12H19NO2S2.